The van der Waals surface area contributed by atoms with E-state index in [1.165, 1.54) is 15.6 Å². The summed E-state index contributed by atoms with van der Waals surface area (Å²) in [6, 6.07) is 10.8. The molecule has 1 saturated heterocycles. The van der Waals surface area contributed by atoms with Crippen LogP contribution in [-0.4, -0.2) is 59.5 Å². The second kappa shape index (κ2) is 7.74. The third kappa shape index (κ3) is 3.85. The highest BCUT2D eigenvalue weighted by Gasteiger charge is 2.32. The topological polar surface area (TPSA) is 75.5 Å². The quantitative estimate of drug-likeness (QED) is 0.638. The van der Waals surface area contributed by atoms with Crippen molar-refractivity contribution in [3.05, 3.63) is 64.1 Å². The molecule has 0 bridgehead atoms. The van der Waals surface area contributed by atoms with Crippen molar-refractivity contribution in [1.29, 1.82) is 0 Å². The van der Waals surface area contributed by atoms with Gasteiger partial charge in [0, 0.05) is 53.9 Å². The lowest BCUT2D eigenvalue weighted by atomic mass is 10.1. The van der Waals surface area contributed by atoms with Crippen molar-refractivity contribution in [1.82, 2.24) is 19.0 Å². The number of sulfonamides is 1. The minimum atomic E-state index is -3.52. The summed E-state index contributed by atoms with van der Waals surface area (Å²) >= 11 is 1.49. The van der Waals surface area contributed by atoms with Crippen LogP contribution in [0.5, 0.6) is 0 Å². The summed E-state index contributed by atoms with van der Waals surface area (Å²) < 4.78 is 29.1. The van der Waals surface area contributed by atoms with Gasteiger partial charge in [-0.15, -0.1) is 11.3 Å². The van der Waals surface area contributed by atoms with Gasteiger partial charge in [-0.1, -0.05) is 0 Å². The van der Waals surface area contributed by atoms with Gasteiger partial charge in [-0.2, -0.15) is 9.40 Å². The molecule has 29 heavy (non-hydrogen) atoms. The number of piperazine rings is 1. The van der Waals surface area contributed by atoms with Gasteiger partial charge in [-0.05, 0) is 50.2 Å². The van der Waals surface area contributed by atoms with Gasteiger partial charge in [0.25, 0.3) is 5.91 Å². The highest BCUT2D eigenvalue weighted by Crippen LogP contribution is 2.28. The SMILES string of the molecule is Cc1cc(S(=O)(=O)N2CCN(C(=O)c3ccc(-n4cccn4)cc3)CC2)c(C)s1. The van der Waals surface area contributed by atoms with Crippen molar-refractivity contribution in [3.8, 4) is 5.69 Å². The lowest BCUT2D eigenvalue weighted by Crippen LogP contribution is -2.50. The normalized spacial score (nSPS) is 15.6. The number of aromatic nitrogens is 2. The monoisotopic (exact) mass is 430 g/mol. The number of hydrogen-bond acceptors (Lipinski definition) is 5. The molecule has 3 aromatic rings. The van der Waals surface area contributed by atoms with Gasteiger partial charge in [0.2, 0.25) is 10.0 Å². The number of amides is 1. The molecule has 3 heterocycles. The number of carbonyl (C=O) groups is 1. The fourth-order valence-corrected chi connectivity index (χ4v) is 6.44. The molecular formula is C20H22N4O3S2. The first-order valence-electron chi connectivity index (χ1n) is 9.33. The van der Waals surface area contributed by atoms with Crippen molar-refractivity contribution in [3.63, 3.8) is 0 Å². The number of benzene rings is 1. The summed E-state index contributed by atoms with van der Waals surface area (Å²) in [4.78, 5) is 16.7. The van der Waals surface area contributed by atoms with Crippen LogP contribution >= 0.6 is 11.3 Å². The maximum Gasteiger partial charge on any atom is 0.253 e. The molecule has 0 unspecified atom stereocenters. The molecule has 0 saturated carbocycles. The third-order valence-electron chi connectivity index (χ3n) is 5.02. The molecule has 0 radical (unpaired) electrons. The summed E-state index contributed by atoms with van der Waals surface area (Å²) in [5, 5.41) is 4.17. The Hall–Kier alpha value is -2.49. The van der Waals surface area contributed by atoms with Gasteiger partial charge in [0.1, 0.15) is 0 Å². The minimum Gasteiger partial charge on any atom is -0.336 e. The molecule has 1 fully saturated rings. The highest BCUT2D eigenvalue weighted by molar-refractivity contribution is 7.89. The molecule has 0 spiro atoms. The Morgan fingerprint density at radius 1 is 1.07 bits per heavy atom. The van der Waals surface area contributed by atoms with Crippen molar-refractivity contribution in [2.24, 2.45) is 0 Å². The zero-order chi connectivity index (χ0) is 20.6. The van der Waals surface area contributed by atoms with Crippen LogP contribution in [0.2, 0.25) is 0 Å². The number of nitrogens with zero attached hydrogens (tertiary/aromatic N) is 4. The summed E-state index contributed by atoms with van der Waals surface area (Å²) in [5.74, 6) is -0.0865. The summed E-state index contributed by atoms with van der Waals surface area (Å²) in [6.45, 7) is 5.09. The zero-order valence-electron chi connectivity index (χ0n) is 16.3. The number of rotatable bonds is 4. The third-order valence-corrected chi connectivity index (χ3v) is 8.14. The first-order valence-corrected chi connectivity index (χ1v) is 11.6. The van der Waals surface area contributed by atoms with Gasteiger partial charge in [0.05, 0.1) is 10.6 Å². The maximum absolute atomic E-state index is 12.9. The van der Waals surface area contributed by atoms with Gasteiger partial charge in [-0.25, -0.2) is 13.1 Å². The van der Waals surface area contributed by atoms with Gasteiger partial charge in [0.15, 0.2) is 0 Å². The molecule has 1 amide bonds. The molecule has 0 N–H and O–H groups in total. The van der Waals surface area contributed by atoms with E-state index < -0.39 is 10.0 Å². The number of carbonyl (C=O) groups excluding carboxylic acids is 1. The predicted molar refractivity (Wildman–Crippen MR) is 112 cm³/mol. The maximum atomic E-state index is 12.9. The van der Waals surface area contributed by atoms with Crippen molar-refractivity contribution in [2.75, 3.05) is 26.2 Å². The van der Waals surface area contributed by atoms with Crippen LogP contribution < -0.4 is 0 Å². The largest absolute Gasteiger partial charge is 0.336 e. The lowest BCUT2D eigenvalue weighted by Gasteiger charge is -2.34. The van der Waals surface area contributed by atoms with Crippen LogP contribution in [0.4, 0.5) is 0 Å². The number of thiophene rings is 1. The molecule has 9 heteroatoms. The highest BCUT2D eigenvalue weighted by atomic mass is 32.2. The fraction of sp³-hybridized carbons (Fsp3) is 0.300. The van der Waals surface area contributed by atoms with Crippen LogP contribution in [0.25, 0.3) is 5.69 Å². The van der Waals surface area contributed by atoms with E-state index in [1.54, 1.807) is 34.0 Å². The molecule has 0 aliphatic carbocycles. The summed E-state index contributed by atoms with van der Waals surface area (Å²) in [7, 11) is -3.52. The Labute approximate surface area is 174 Å². The molecule has 7 nitrogen and oxygen atoms in total. The van der Waals surface area contributed by atoms with E-state index in [2.05, 4.69) is 5.10 Å². The lowest BCUT2D eigenvalue weighted by molar-refractivity contribution is 0.0698. The molecular weight excluding hydrogens is 408 g/mol. The standard InChI is InChI=1S/C20H22N4O3S2/c1-15-14-19(16(2)28-15)29(26,27)23-12-10-22(11-13-23)20(25)17-4-6-18(7-5-17)24-9-3-8-21-24/h3-9,14H,10-13H2,1-2H3. The number of aryl methyl sites for hydroxylation is 2. The van der Waals surface area contributed by atoms with Crippen LogP contribution in [0, 0.1) is 13.8 Å². The van der Waals surface area contributed by atoms with E-state index in [9.17, 15) is 13.2 Å². The van der Waals surface area contributed by atoms with Crippen LogP contribution in [-0.2, 0) is 10.0 Å². The van der Waals surface area contributed by atoms with E-state index >= 15 is 0 Å². The smallest absolute Gasteiger partial charge is 0.253 e. The number of hydrogen-bond donors (Lipinski definition) is 0. The second-order valence-corrected chi connectivity index (χ2v) is 10.3. The van der Waals surface area contributed by atoms with E-state index in [-0.39, 0.29) is 5.91 Å². The average Bonchev–Trinajstić information content (AvgIpc) is 3.37. The van der Waals surface area contributed by atoms with Crippen LogP contribution in [0.3, 0.4) is 0 Å². The fourth-order valence-electron chi connectivity index (χ4n) is 3.50. The molecule has 2 aromatic heterocycles. The van der Waals surface area contributed by atoms with Crippen LogP contribution in [0.15, 0.2) is 53.7 Å². The molecule has 152 valence electrons. The van der Waals surface area contributed by atoms with Crippen molar-refractivity contribution in [2.45, 2.75) is 18.7 Å². The van der Waals surface area contributed by atoms with Gasteiger partial charge >= 0.3 is 0 Å². The Morgan fingerprint density at radius 3 is 2.31 bits per heavy atom. The molecule has 1 aliphatic heterocycles. The Balaban J connectivity index is 1.43. The first-order chi connectivity index (χ1) is 13.9. The van der Waals surface area contributed by atoms with Crippen LogP contribution in [0.1, 0.15) is 20.1 Å². The van der Waals surface area contributed by atoms with E-state index in [0.717, 1.165) is 15.4 Å². The van der Waals surface area contributed by atoms with Crippen molar-refractivity contribution < 1.29 is 13.2 Å². The molecule has 0 atom stereocenters. The van der Waals surface area contributed by atoms with E-state index in [1.807, 2.05) is 38.2 Å². The average molecular weight is 431 g/mol. The second-order valence-electron chi connectivity index (χ2n) is 6.97. The van der Waals surface area contributed by atoms with Crippen molar-refractivity contribution >= 4 is 27.3 Å². The Morgan fingerprint density at radius 2 is 1.76 bits per heavy atom. The Kier molecular flexibility index (Phi) is 5.28. The Bertz CT molecular complexity index is 1110. The van der Waals surface area contributed by atoms with E-state index in [4.69, 9.17) is 0 Å². The molecule has 1 aromatic carbocycles. The van der Waals surface area contributed by atoms with Gasteiger partial charge in [-0.3, -0.25) is 4.79 Å². The first kappa shape index (κ1) is 19.8. The zero-order valence-corrected chi connectivity index (χ0v) is 17.9. The molecule has 4 rings (SSSR count). The summed E-state index contributed by atoms with van der Waals surface area (Å²) in [5.41, 5.74) is 1.46. The summed E-state index contributed by atoms with van der Waals surface area (Å²) in [6.07, 6.45) is 3.54. The minimum absolute atomic E-state index is 0.0865. The molecule has 1 aliphatic rings. The van der Waals surface area contributed by atoms with E-state index in [0.29, 0.717) is 36.6 Å². The van der Waals surface area contributed by atoms with Gasteiger partial charge < -0.3 is 4.90 Å². The predicted octanol–water partition coefficient (Wildman–Crippen LogP) is 2.70.